The van der Waals surface area contributed by atoms with Gasteiger partial charge in [0.25, 0.3) is 0 Å². The lowest BCUT2D eigenvalue weighted by Crippen LogP contribution is -1.97. The second kappa shape index (κ2) is 12.9. The first kappa shape index (κ1) is 23.1. The monoisotopic (exact) mass is 415 g/mol. The third-order valence-electron chi connectivity index (χ3n) is 5.78. The van der Waals surface area contributed by atoms with E-state index in [1.54, 1.807) is 0 Å². The number of benzene rings is 2. The molecule has 0 aliphatic carbocycles. The molecule has 3 rings (SSSR count). The van der Waals surface area contributed by atoms with Crippen LogP contribution in [-0.2, 0) is 19.3 Å². The maximum Gasteiger partial charge on any atom is 0.119 e. The maximum absolute atomic E-state index is 5.86. The average molecular weight is 416 g/mol. The van der Waals surface area contributed by atoms with Crippen LogP contribution in [0, 0.1) is 0 Å². The van der Waals surface area contributed by atoms with Crippen molar-refractivity contribution in [3.8, 4) is 16.9 Å². The molecule has 0 amide bonds. The molecule has 2 aromatic carbocycles. The standard InChI is InChI=1S/C29H37NO/c1-3-5-7-8-22-31-29-20-17-27(18-21-29)26-15-12-24(13-16-26)10-11-25-14-19-28(30-23-25)9-6-4-2/h12-21,23H,3-11,22H2,1-2H3. The summed E-state index contributed by atoms with van der Waals surface area (Å²) in [6, 6.07) is 21.8. The predicted molar refractivity (Wildman–Crippen MR) is 132 cm³/mol. The molecule has 0 saturated heterocycles. The van der Waals surface area contributed by atoms with Crippen LogP contribution in [0.4, 0.5) is 0 Å². The van der Waals surface area contributed by atoms with Crippen molar-refractivity contribution in [2.45, 2.75) is 71.6 Å². The van der Waals surface area contributed by atoms with Gasteiger partial charge in [0, 0.05) is 11.9 Å². The van der Waals surface area contributed by atoms with E-state index in [1.165, 1.54) is 60.1 Å². The van der Waals surface area contributed by atoms with Crippen molar-refractivity contribution in [2.24, 2.45) is 0 Å². The summed E-state index contributed by atoms with van der Waals surface area (Å²) in [5.74, 6) is 0.964. The van der Waals surface area contributed by atoms with Crippen LogP contribution in [0.3, 0.4) is 0 Å². The summed E-state index contributed by atoms with van der Waals surface area (Å²) in [5, 5.41) is 0. The van der Waals surface area contributed by atoms with E-state index in [4.69, 9.17) is 4.74 Å². The van der Waals surface area contributed by atoms with Crippen LogP contribution in [0.1, 0.15) is 69.2 Å². The van der Waals surface area contributed by atoms with Gasteiger partial charge in [-0.1, -0.05) is 82.0 Å². The Morgan fingerprint density at radius 1 is 0.613 bits per heavy atom. The molecule has 0 N–H and O–H groups in total. The van der Waals surface area contributed by atoms with E-state index in [0.717, 1.165) is 38.0 Å². The van der Waals surface area contributed by atoms with Crippen molar-refractivity contribution in [1.82, 2.24) is 4.98 Å². The fourth-order valence-electron chi connectivity index (χ4n) is 3.72. The normalized spacial score (nSPS) is 10.9. The smallest absolute Gasteiger partial charge is 0.119 e. The van der Waals surface area contributed by atoms with E-state index in [9.17, 15) is 0 Å². The van der Waals surface area contributed by atoms with Crippen LogP contribution in [-0.4, -0.2) is 11.6 Å². The van der Waals surface area contributed by atoms with Crippen LogP contribution in [0.15, 0.2) is 66.9 Å². The highest BCUT2D eigenvalue weighted by Crippen LogP contribution is 2.23. The number of aromatic nitrogens is 1. The number of ether oxygens (including phenoxy) is 1. The fraction of sp³-hybridized carbons (Fsp3) is 0.414. The minimum Gasteiger partial charge on any atom is -0.494 e. The van der Waals surface area contributed by atoms with E-state index < -0.39 is 0 Å². The number of pyridine rings is 1. The number of hydrogen-bond donors (Lipinski definition) is 0. The fourth-order valence-corrected chi connectivity index (χ4v) is 3.72. The molecule has 0 aliphatic rings. The van der Waals surface area contributed by atoms with Gasteiger partial charge in [-0.3, -0.25) is 4.98 Å². The molecule has 1 heterocycles. The van der Waals surface area contributed by atoms with Crippen molar-refractivity contribution >= 4 is 0 Å². The Labute approximate surface area is 188 Å². The lowest BCUT2D eigenvalue weighted by molar-refractivity contribution is 0.305. The number of nitrogens with zero attached hydrogens (tertiary/aromatic N) is 1. The van der Waals surface area contributed by atoms with E-state index in [2.05, 4.69) is 79.5 Å². The second-order valence-corrected chi connectivity index (χ2v) is 8.39. The molecule has 0 unspecified atom stereocenters. The molecule has 31 heavy (non-hydrogen) atoms. The molecule has 0 bridgehead atoms. The van der Waals surface area contributed by atoms with Crippen molar-refractivity contribution in [2.75, 3.05) is 6.61 Å². The summed E-state index contributed by atoms with van der Waals surface area (Å²) in [5.41, 5.74) is 6.38. The van der Waals surface area contributed by atoms with Gasteiger partial charge >= 0.3 is 0 Å². The van der Waals surface area contributed by atoms with Crippen LogP contribution < -0.4 is 4.74 Å². The summed E-state index contributed by atoms with van der Waals surface area (Å²) in [7, 11) is 0. The van der Waals surface area contributed by atoms with Gasteiger partial charge in [-0.05, 0) is 72.6 Å². The van der Waals surface area contributed by atoms with Gasteiger partial charge in [0.15, 0.2) is 0 Å². The van der Waals surface area contributed by atoms with E-state index in [0.29, 0.717) is 0 Å². The molecular weight excluding hydrogens is 378 g/mol. The number of unbranched alkanes of at least 4 members (excludes halogenated alkanes) is 4. The Bertz CT molecular complexity index is 866. The van der Waals surface area contributed by atoms with Crippen molar-refractivity contribution < 1.29 is 4.74 Å². The SMILES string of the molecule is CCCCCCOc1ccc(-c2ccc(CCc3ccc(CCCC)nc3)cc2)cc1. The third-order valence-corrected chi connectivity index (χ3v) is 5.78. The first-order valence-corrected chi connectivity index (χ1v) is 12.0. The Morgan fingerprint density at radius 2 is 1.26 bits per heavy atom. The molecule has 2 heteroatoms. The first-order valence-electron chi connectivity index (χ1n) is 12.0. The van der Waals surface area contributed by atoms with Gasteiger partial charge in [0.2, 0.25) is 0 Å². The van der Waals surface area contributed by atoms with Crippen LogP contribution in [0.25, 0.3) is 11.1 Å². The Morgan fingerprint density at radius 3 is 1.90 bits per heavy atom. The Balaban J connectivity index is 1.47. The molecule has 0 saturated carbocycles. The van der Waals surface area contributed by atoms with E-state index in [-0.39, 0.29) is 0 Å². The van der Waals surface area contributed by atoms with Gasteiger partial charge in [-0.2, -0.15) is 0 Å². The summed E-state index contributed by atoms with van der Waals surface area (Å²) >= 11 is 0. The van der Waals surface area contributed by atoms with Crippen LogP contribution in [0.5, 0.6) is 5.75 Å². The molecular formula is C29H37NO. The molecule has 0 atom stereocenters. The van der Waals surface area contributed by atoms with Crippen LogP contribution in [0.2, 0.25) is 0 Å². The molecule has 1 aromatic heterocycles. The molecule has 0 radical (unpaired) electrons. The average Bonchev–Trinajstić information content (AvgIpc) is 2.83. The molecule has 2 nitrogen and oxygen atoms in total. The molecule has 0 fully saturated rings. The summed E-state index contributed by atoms with van der Waals surface area (Å²) in [6.07, 6.45) is 12.6. The molecule has 3 aromatic rings. The van der Waals surface area contributed by atoms with E-state index >= 15 is 0 Å². The Hall–Kier alpha value is -2.61. The van der Waals surface area contributed by atoms with Gasteiger partial charge in [0.05, 0.1) is 6.61 Å². The lowest BCUT2D eigenvalue weighted by Gasteiger charge is -2.08. The molecule has 0 spiro atoms. The van der Waals surface area contributed by atoms with Crippen LogP contribution >= 0.6 is 0 Å². The quantitative estimate of drug-likeness (QED) is 0.265. The first-order chi connectivity index (χ1) is 15.3. The zero-order chi connectivity index (χ0) is 21.7. The minimum atomic E-state index is 0.811. The molecule has 164 valence electrons. The van der Waals surface area contributed by atoms with Crippen molar-refractivity contribution in [1.29, 1.82) is 0 Å². The zero-order valence-corrected chi connectivity index (χ0v) is 19.3. The third kappa shape index (κ3) is 7.86. The van der Waals surface area contributed by atoms with Gasteiger partial charge in [-0.25, -0.2) is 0 Å². The second-order valence-electron chi connectivity index (χ2n) is 8.39. The summed E-state index contributed by atoms with van der Waals surface area (Å²) < 4.78 is 5.86. The number of rotatable bonds is 13. The van der Waals surface area contributed by atoms with Crippen molar-refractivity contribution in [3.05, 3.63) is 83.7 Å². The van der Waals surface area contributed by atoms with E-state index in [1.807, 2.05) is 6.20 Å². The maximum atomic E-state index is 5.86. The lowest BCUT2D eigenvalue weighted by atomic mass is 10.0. The summed E-state index contributed by atoms with van der Waals surface area (Å²) in [6.45, 7) is 5.26. The largest absolute Gasteiger partial charge is 0.494 e. The zero-order valence-electron chi connectivity index (χ0n) is 19.3. The topological polar surface area (TPSA) is 22.1 Å². The number of aryl methyl sites for hydroxylation is 3. The number of hydrogen-bond acceptors (Lipinski definition) is 2. The highest BCUT2D eigenvalue weighted by molar-refractivity contribution is 5.64. The Kier molecular flexibility index (Phi) is 9.63. The van der Waals surface area contributed by atoms with Gasteiger partial charge < -0.3 is 4.74 Å². The van der Waals surface area contributed by atoms with Crippen molar-refractivity contribution in [3.63, 3.8) is 0 Å². The van der Waals surface area contributed by atoms with Gasteiger partial charge in [-0.15, -0.1) is 0 Å². The minimum absolute atomic E-state index is 0.811. The molecule has 0 aliphatic heterocycles. The van der Waals surface area contributed by atoms with Gasteiger partial charge in [0.1, 0.15) is 5.75 Å². The highest BCUT2D eigenvalue weighted by atomic mass is 16.5. The summed E-state index contributed by atoms with van der Waals surface area (Å²) in [4.78, 5) is 4.61. The highest BCUT2D eigenvalue weighted by Gasteiger charge is 2.02. The predicted octanol–water partition coefficient (Wildman–Crippen LogP) is 7.84.